The summed E-state index contributed by atoms with van der Waals surface area (Å²) in [7, 11) is 1.45. The predicted octanol–water partition coefficient (Wildman–Crippen LogP) is 3.79. The normalized spacial score (nSPS) is 10.2. The van der Waals surface area contributed by atoms with Gasteiger partial charge >= 0.3 is 0 Å². The smallest absolute Gasteiger partial charge is 0.169 e. The first-order valence-electron chi connectivity index (χ1n) is 6.66. The maximum Gasteiger partial charge on any atom is 0.169 e. The molecule has 0 atom stereocenters. The zero-order valence-corrected chi connectivity index (χ0v) is 12.1. The number of halogens is 1. The van der Waals surface area contributed by atoms with Gasteiger partial charge in [0.15, 0.2) is 5.78 Å². The fourth-order valence-corrected chi connectivity index (χ4v) is 1.95. The monoisotopic (exact) mass is 288 g/mol. The first kappa shape index (κ1) is 15.0. The summed E-state index contributed by atoms with van der Waals surface area (Å²) in [6.45, 7) is 2.18. The third-order valence-corrected chi connectivity index (χ3v) is 3.06. The molecule has 2 aromatic carbocycles. The van der Waals surface area contributed by atoms with Gasteiger partial charge in [0.25, 0.3) is 0 Å². The van der Waals surface area contributed by atoms with Gasteiger partial charge in [0.05, 0.1) is 19.3 Å². The molecule has 0 amide bonds. The Hall–Kier alpha value is -2.36. The van der Waals surface area contributed by atoms with Gasteiger partial charge in [-0.05, 0) is 36.8 Å². The van der Waals surface area contributed by atoms with Crippen LogP contribution in [0.2, 0.25) is 0 Å². The molecular weight excluding hydrogens is 271 g/mol. The van der Waals surface area contributed by atoms with Crippen molar-refractivity contribution in [2.24, 2.45) is 0 Å². The number of ketones is 1. The molecule has 3 nitrogen and oxygen atoms in total. The first-order chi connectivity index (χ1) is 10.1. The summed E-state index contributed by atoms with van der Waals surface area (Å²) in [5, 5.41) is 0. The summed E-state index contributed by atoms with van der Waals surface area (Å²) in [6, 6.07) is 11.8. The largest absolute Gasteiger partial charge is 0.497 e. The molecule has 0 saturated carbocycles. The minimum atomic E-state index is -0.574. The maximum atomic E-state index is 13.7. The SMILES string of the molecule is COc1ccc(C(=O)CCOc2cccc(C)c2)c(F)c1. The van der Waals surface area contributed by atoms with Crippen molar-refractivity contribution in [3.63, 3.8) is 0 Å². The van der Waals surface area contributed by atoms with Gasteiger partial charge in [-0.3, -0.25) is 4.79 Å². The Morgan fingerprint density at radius 2 is 1.95 bits per heavy atom. The highest BCUT2D eigenvalue weighted by atomic mass is 19.1. The van der Waals surface area contributed by atoms with Crippen LogP contribution < -0.4 is 9.47 Å². The van der Waals surface area contributed by atoms with Crippen LogP contribution in [0.4, 0.5) is 4.39 Å². The molecule has 0 spiro atoms. The number of hydrogen-bond acceptors (Lipinski definition) is 3. The summed E-state index contributed by atoms with van der Waals surface area (Å²) in [4.78, 5) is 12.0. The molecule has 0 bridgehead atoms. The van der Waals surface area contributed by atoms with Crippen LogP contribution in [-0.2, 0) is 0 Å². The van der Waals surface area contributed by atoms with Gasteiger partial charge < -0.3 is 9.47 Å². The second-order valence-corrected chi connectivity index (χ2v) is 4.68. The number of ether oxygens (including phenoxy) is 2. The molecule has 0 radical (unpaired) electrons. The van der Waals surface area contributed by atoms with Crippen LogP contribution in [0, 0.1) is 12.7 Å². The summed E-state index contributed by atoms with van der Waals surface area (Å²) >= 11 is 0. The fraction of sp³-hybridized carbons (Fsp3) is 0.235. The van der Waals surface area contributed by atoms with E-state index in [0.717, 1.165) is 5.56 Å². The Kier molecular flexibility index (Phi) is 4.93. The molecule has 0 aliphatic carbocycles. The zero-order valence-electron chi connectivity index (χ0n) is 12.1. The molecule has 0 N–H and O–H groups in total. The van der Waals surface area contributed by atoms with Crippen molar-refractivity contribution in [2.45, 2.75) is 13.3 Å². The molecule has 0 heterocycles. The van der Waals surface area contributed by atoms with Crippen LogP contribution in [0.3, 0.4) is 0 Å². The van der Waals surface area contributed by atoms with E-state index in [1.807, 2.05) is 31.2 Å². The number of hydrogen-bond donors (Lipinski definition) is 0. The van der Waals surface area contributed by atoms with Crippen LogP contribution >= 0.6 is 0 Å². The van der Waals surface area contributed by atoms with E-state index < -0.39 is 5.82 Å². The predicted molar refractivity (Wildman–Crippen MR) is 78.6 cm³/mol. The van der Waals surface area contributed by atoms with Crippen molar-refractivity contribution >= 4 is 5.78 Å². The van der Waals surface area contributed by atoms with Gasteiger partial charge in [0.1, 0.15) is 17.3 Å². The molecule has 0 saturated heterocycles. The number of carbonyl (C=O) groups excluding carboxylic acids is 1. The number of methoxy groups -OCH3 is 1. The highest BCUT2D eigenvalue weighted by molar-refractivity contribution is 5.96. The second kappa shape index (κ2) is 6.88. The minimum absolute atomic E-state index is 0.0589. The van der Waals surface area contributed by atoms with Crippen molar-refractivity contribution < 1.29 is 18.7 Å². The molecular formula is C17H17FO3. The van der Waals surface area contributed by atoms with Gasteiger partial charge in [-0.15, -0.1) is 0 Å². The van der Waals surface area contributed by atoms with Crippen LogP contribution in [0.1, 0.15) is 22.3 Å². The highest BCUT2D eigenvalue weighted by Gasteiger charge is 2.12. The lowest BCUT2D eigenvalue weighted by molar-refractivity contribution is 0.0958. The van der Waals surface area contributed by atoms with E-state index in [-0.39, 0.29) is 24.4 Å². The second-order valence-electron chi connectivity index (χ2n) is 4.68. The topological polar surface area (TPSA) is 35.5 Å². The van der Waals surface area contributed by atoms with Gasteiger partial charge in [-0.25, -0.2) is 4.39 Å². The summed E-state index contributed by atoms with van der Waals surface area (Å²) < 4.78 is 24.1. The van der Waals surface area contributed by atoms with Gasteiger partial charge in [0.2, 0.25) is 0 Å². The third kappa shape index (κ3) is 4.05. The first-order valence-corrected chi connectivity index (χ1v) is 6.66. The minimum Gasteiger partial charge on any atom is -0.497 e. The van der Waals surface area contributed by atoms with Gasteiger partial charge in [0, 0.05) is 12.5 Å². The Balaban J connectivity index is 1.93. The number of aryl methyl sites for hydroxylation is 1. The Morgan fingerprint density at radius 3 is 2.62 bits per heavy atom. The van der Waals surface area contributed by atoms with E-state index in [0.29, 0.717) is 11.5 Å². The van der Waals surface area contributed by atoms with E-state index >= 15 is 0 Å². The van der Waals surface area contributed by atoms with Crippen molar-refractivity contribution in [3.05, 3.63) is 59.4 Å². The summed E-state index contributed by atoms with van der Waals surface area (Å²) in [6.07, 6.45) is 0.122. The molecule has 4 heteroatoms. The average molecular weight is 288 g/mol. The van der Waals surface area contributed by atoms with Crippen molar-refractivity contribution in [1.82, 2.24) is 0 Å². The summed E-state index contributed by atoms with van der Waals surface area (Å²) in [5.74, 6) is 0.232. The van der Waals surface area contributed by atoms with Crippen molar-refractivity contribution in [2.75, 3.05) is 13.7 Å². The Morgan fingerprint density at radius 1 is 1.14 bits per heavy atom. The zero-order chi connectivity index (χ0) is 15.2. The van der Waals surface area contributed by atoms with Gasteiger partial charge in [-0.2, -0.15) is 0 Å². The van der Waals surface area contributed by atoms with Crippen LogP contribution in [0.15, 0.2) is 42.5 Å². The third-order valence-electron chi connectivity index (χ3n) is 3.06. The quantitative estimate of drug-likeness (QED) is 0.759. The number of Topliss-reactive ketones (excluding diaryl/α,β-unsaturated/α-hetero) is 1. The van der Waals surface area contributed by atoms with Crippen LogP contribution in [0.5, 0.6) is 11.5 Å². The summed E-state index contributed by atoms with van der Waals surface area (Å²) in [5.41, 5.74) is 1.14. The van der Waals surface area contributed by atoms with Crippen molar-refractivity contribution in [3.8, 4) is 11.5 Å². The van der Waals surface area contributed by atoms with E-state index in [1.165, 1.54) is 19.2 Å². The maximum absolute atomic E-state index is 13.7. The number of benzene rings is 2. The molecule has 2 rings (SSSR count). The lowest BCUT2D eigenvalue weighted by Gasteiger charge is -2.07. The molecule has 0 fully saturated rings. The van der Waals surface area contributed by atoms with E-state index in [4.69, 9.17) is 9.47 Å². The molecule has 21 heavy (non-hydrogen) atoms. The van der Waals surface area contributed by atoms with E-state index in [2.05, 4.69) is 0 Å². The molecule has 2 aromatic rings. The lowest BCUT2D eigenvalue weighted by Crippen LogP contribution is -2.08. The fourth-order valence-electron chi connectivity index (χ4n) is 1.95. The van der Waals surface area contributed by atoms with E-state index in [1.54, 1.807) is 6.07 Å². The number of carbonyl (C=O) groups is 1. The molecule has 0 aliphatic heterocycles. The molecule has 0 aromatic heterocycles. The highest BCUT2D eigenvalue weighted by Crippen LogP contribution is 2.18. The Labute approximate surface area is 123 Å². The molecule has 0 aliphatic rings. The standard InChI is InChI=1S/C17H17FO3/c1-12-4-3-5-14(10-12)21-9-8-17(19)15-7-6-13(20-2)11-16(15)18/h3-7,10-11H,8-9H2,1-2H3. The van der Waals surface area contributed by atoms with Gasteiger partial charge in [-0.1, -0.05) is 12.1 Å². The Bertz CT molecular complexity index is 638. The van der Waals surface area contributed by atoms with Crippen LogP contribution in [-0.4, -0.2) is 19.5 Å². The average Bonchev–Trinajstić information content (AvgIpc) is 2.47. The molecule has 0 unspecified atom stereocenters. The van der Waals surface area contributed by atoms with E-state index in [9.17, 15) is 9.18 Å². The lowest BCUT2D eigenvalue weighted by atomic mass is 10.1. The van der Waals surface area contributed by atoms with Crippen LogP contribution in [0.25, 0.3) is 0 Å². The number of rotatable bonds is 6. The van der Waals surface area contributed by atoms with Crippen molar-refractivity contribution in [1.29, 1.82) is 0 Å². The molecule has 110 valence electrons.